The van der Waals surface area contributed by atoms with E-state index < -0.39 is 27.8 Å². The van der Waals surface area contributed by atoms with E-state index in [2.05, 4.69) is 20.6 Å². The number of ether oxygens (including phenoxy) is 3. The van der Waals surface area contributed by atoms with Gasteiger partial charge >= 0.3 is 12.2 Å². The smallest absolute Gasteiger partial charge is 0.421 e. The van der Waals surface area contributed by atoms with Gasteiger partial charge in [0.1, 0.15) is 11.7 Å². The number of nitrogens with one attached hydrogen (secondary N) is 3. The van der Waals surface area contributed by atoms with Crippen molar-refractivity contribution in [2.75, 3.05) is 11.9 Å². The topological polar surface area (TPSA) is 158 Å². The fourth-order valence-corrected chi connectivity index (χ4v) is 4.09. The van der Waals surface area contributed by atoms with E-state index in [9.17, 15) is 18.0 Å². The molecule has 3 rings (SSSR count). The molecule has 36 heavy (non-hydrogen) atoms. The Hall–Kier alpha value is -3.45. The summed E-state index contributed by atoms with van der Waals surface area (Å²) in [5.41, 5.74) is 0.456. The van der Waals surface area contributed by atoms with Crippen molar-refractivity contribution in [3.63, 3.8) is 0 Å². The average Bonchev–Trinajstić information content (AvgIpc) is 3.20. The van der Waals surface area contributed by atoms with Crippen LogP contribution in [0.4, 0.5) is 21.2 Å². The van der Waals surface area contributed by atoms with Crippen LogP contribution in [0.25, 0.3) is 0 Å². The summed E-state index contributed by atoms with van der Waals surface area (Å²) in [5.74, 6) is 0.295. The van der Waals surface area contributed by atoms with Gasteiger partial charge in [-0.1, -0.05) is 0 Å². The second kappa shape index (κ2) is 11.1. The molecule has 0 unspecified atom stereocenters. The van der Waals surface area contributed by atoms with Gasteiger partial charge in [-0.25, -0.2) is 32.7 Å². The lowest BCUT2D eigenvalue weighted by Gasteiger charge is -2.19. The van der Waals surface area contributed by atoms with Crippen LogP contribution in [0, 0.1) is 0 Å². The van der Waals surface area contributed by atoms with E-state index in [-0.39, 0.29) is 29.8 Å². The van der Waals surface area contributed by atoms with Gasteiger partial charge in [0.15, 0.2) is 0 Å². The van der Waals surface area contributed by atoms with Crippen molar-refractivity contribution in [1.29, 1.82) is 0 Å². The molecule has 2 atom stereocenters. The molecule has 1 aliphatic heterocycles. The Morgan fingerprint density at radius 2 is 1.72 bits per heavy atom. The Labute approximate surface area is 210 Å². The number of hydrogen-bond acceptors (Lipinski definition) is 10. The normalized spacial score (nSPS) is 17.9. The van der Waals surface area contributed by atoms with Gasteiger partial charge in [0.2, 0.25) is 5.95 Å². The molecule has 0 aliphatic carbocycles. The van der Waals surface area contributed by atoms with Crippen molar-refractivity contribution in [1.82, 2.24) is 20.0 Å². The van der Waals surface area contributed by atoms with Crippen LogP contribution in [0.2, 0.25) is 0 Å². The Kier molecular flexibility index (Phi) is 8.35. The monoisotopic (exact) mass is 521 g/mol. The maximum absolute atomic E-state index is 12.4. The number of amides is 2. The van der Waals surface area contributed by atoms with Gasteiger partial charge < -0.3 is 24.8 Å². The first-order chi connectivity index (χ1) is 16.8. The summed E-state index contributed by atoms with van der Waals surface area (Å²) in [6.07, 6.45) is 1.54. The Balaban J connectivity index is 1.55. The number of sulfonamides is 1. The fourth-order valence-electron chi connectivity index (χ4n) is 3.22. The Morgan fingerprint density at radius 3 is 2.31 bits per heavy atom. The quantitative estimate of drug-likeness (QED) is 0.493. The number of anilines is 2. The number of alkyl carbamates (subject to hydrolysis) is 1. The lowest BCUT2D eigenvalue weighted by Crippen LogP contribution is -2.36. The third-order valence-corrected chi connectivity index (χ3v) is 6.05. The molecule has 1 fully saturated rings. The van der Waals surface area contributed by atoms with Crippen molar-refractivity contribution in [2.45, 2.75) is 69.8 Å². The minimum atomic E-state index is -4.09. The van der Waals surface area contributed by atoms with Gasteiger partial charge in [0, 0.05) is 36.1 Å². The van der Waals surface area contributed by atoms with E-state index >= 15 is 0 Å². The van der Waals surface area contributed by atoms with E-state index in [0.29, 0.717) is 18.1 Å². The maximum atomic E-state index is 12.4. The number of hydrogen-bond donors (Lipinski definition) is 3. The second-order valence-electron chi connectivity index (χ2n) is 9.48. The summed E-state index contributed by atoms with van der Waals surface area (Å²) >= 11 is 0. The van der Waals surface area contributed by atoms with E-state index in [1.54, 1.807) is 33.2 Å². The molecule has 2 aromatic rings. The average molecular weight is 522 g/mol. The zero-order chi connectivity index (χ0) is 26.5. The number of carbonyl (C=O) groups excluding carboxylic acids is 2. The highest BCUT2D eigenvalue weighted by atomic mass is 32.2. The number of nitrogens with zero attached hydrogens (tertiary/aromatic N) is 2. The molecule has 1 aromatic carbocycles. The van der Waals surface area contributed by atoms with E-state index in [1.165, 1.54) is 24.3 Å². The first-order valence-electron chi connectivity index (χ1n) is 11.3. The van der Waals surface area contributed by atoms with E-state index in [1.807, 2.05) is 18.6 Å². The predicted octanol–water partition coefficient (Wildman–Crippen LogP) is 3.40. The van der Waals surface area contributed by atoms with E-state index in [0.717, 1.165) is 5.56 Å². The Bertz CT molecular complexity index is 1160. The van der Waals surface area contributed by atoms with Crippen molar-refractivity contribution < 1.29 is 32.2 Å². The molecule has 0 radical (unpaired) electrons. The molecule has 1 aromatic heterocycles. The molecule has 13 heteroatoms. The minimum Gasteiger partial charge on any atom is -0.444 e. The summed E-state index contributed by atoms with van der Waals surface area (Å²) in [5, 5.41) is 5.65. The first kappa shape index (κ1) is 27.1. The van der Waals surface area contributed by atoms with E-state index in [4.69, 9.17) is 14.2 Å². The molecular weight excluding hydrogens is 490 g/mol. The van der Waals surface area contributed by atoms with Crippen LogP contribution in [0.5, 0.6) is 0 Å². The van der Waals surface area contributed by atoms with Gasteiger partial charge in [0.05, 0.1) is 17.6 Å². The van der Waals surface area contributed by atoms with Crippen LogP contribution in [0.15, 0.2) is 41.6 Å². The zero-order valence-corrected chi connectivity index (χ0v) is 21.6. The van der Waals surface area contributed by atoms with Crippen LogP contribution in [0.3, 0.4) is 0 Å². The zero-order valence-electron chi connectivity index (χ0n) is 20.8. The van der Waals surface area contributed by atoms with Crippen LogP contribution in [0.1, 0.15) is 52.7 Å². The third-order valence-electron chi connectivity index (χ3n) is 4.72. The number of aromatic nitrogens is 2. The summed E-state index contributed by atoms with van der Waals surface area (Å²) < 4.78 is 42.7. The fraction of sp³-hybridized carbons (Fsp3) is 0.478. The van der Waals surface area contributed by atoms with Gasteiger partial charge in [-0.05, 0) is 58.9 Å². The van der Waals surface area contributed by atoms with Crippen LogP contribution in [-0.4, -0.2) is 54.9 Å². The number of rotatable bonds is 7. The van der Waals surface area contributed by atoms with Crippen molar-refractivity contribution in [3.8, 4) is 0 Å². The largest absolute Gasteiger partial charge is 0.444 e. The number of benzene rings is 1. The lowest BCUT2D eigenvalue weighted by atomic mass is 10.1. The standard InChI is InChI=1S/C23H31N5O7S/c1-14(2)26-21(29)34-17-10-19(33-13-17)15-11-24-20(25-12-15)27-16-6-8-18(9-7-16)36(31,32)28-22(30)35-23(3,4)5/h6-9,11-12,14,17,19H,10,13H2,1-5H3,(H,26,29)(H,28,30)(H,24,25,27)/t17-,19+/m1/s1. The van der Waals surface area contributed by atoms with Crippen molar-refractivity contribution >= 4 is 33.8 Å². The highest BCUT2D eigenvalue weighted by molar-refractivity contribution is 7.90. The molecule has 3 N–H and O–H groups in total. The SMILES string of the molecule is CC(C)NC(=O)O[C@H]1CO[C@H](c2cnc(Nc3ccc(S(=O)(=O)NC(=O)OC(C)(C)C)cc3)nc2)C1. The first-order valence-corrected chi connectivity index (χ1v) is 12.8. The van der Waals surface area contributed by atoms with Crippen LogP contribution in [-0.2, 0) is 24.2 Å². The molecule has 2 amide bonds. The van der Waals surface area contributed by atoms with Gasteiger partial charge in [-0.3, -0.25) is 0 Å². The van der Waals surface area contributed by atoms with Crippen LogP contribution < -0.4 is 15.4 Å². The van der Waals surface area contributed by atoms with Gasteiger partial charge in [-0.15, -0.1) is 0 Å². The van der Waals surface area contributed by atoms with Crippen molar-refractivity contribution in [2.24, 2.45) is 0 Å². The molecule has 0 bridgehead atoms. The van der Waals surface area contributed by atoms with Crippen LogP contribution >= 0.6 is 0 Å². The van der Waals surface area contributed by atoms with Crippen molar-refractivity contribution in [3.05, 3.63) is 42.2 Å². The molecule has 0 saturated carbocycles. The molecule has 2 heterocycles. The highest BCUT2D eigenvalue weighted by Crippen LogP contribution is 2.30. The molecule has 12 nitrogen and oxygen atoms in total. The summed E-state index contributed by atoms with van der Waals surface area (Å²) in [6.45, 7) is 8.89. The number of carbonyl (C=O) groups is 2. The molecular formula is C23H31N5O7S. The van der Waals surface area contributed by atoms with Gasteiger partial charge in [-0.2, -0.15) is 0 Å². The lowest BCUT2D eigenvalue weighted by molar-refractivity contribution is 0.0570. The molecule has 0 spiro atoms. The summed E-state index contributed by atoms with van der Waals surface area (Å²) in [4.78, 5) is 32.0. The van der Waals surface area contributed by atoms with Gasteiger partial charge in [0.25, 0.3) is 10.0 Å². The molecule has 1 saturated heterocycles. The molecule has 196 valence electrons. The second-order valence-corrected chi connectivity index (χ2v) is 11.2. The highest BCUT2D eigenvalue weighted by Gasteiger charge is 2.30. The maximum Gasteiger partial charge on any atom is 0.421 e. The molecule has 1 aliphatic rings. The Morgan fingerprint density at radius 1 is 1.08 bits per heavy atom. The minimum absolute atomic E-state index is 0.0152. The third kappa shape index (κ3) is 8.05. The summed E-state index contributed by atoms with van der Waals surface area (Å²) in [7, 11) is -4.09. The predicted molar refractivity (Wildman–Crippen MR) is 130 cm³/mol. The summed E-state index contributed by atoms with van der Waals surface area (Å²) in [6, 6.07) is 5.70.